The van der Waals surface area contributed by atoms with Crippen molar-refractivity contribution in [3.05, 3.63) is 48.1 Å². The highest BCUT2D eigenvalue weighted by Crippen LogP contribution is 2.36. The Morgan fingerprint density at radius 2 is 1.81 bits per heavy atom. The zero-order valence-electron chi connectivity index (χ0n) is 26.6. The number of aromatic nitrogens is 8. The van der Waals surface area contributed by atoms with Crippen molar-refractivity contribution < 1.29 is 18.9 Å². The minimum atomic E-state index is -0.201. The lowest BCUT2D eigenvalue weighted by Crippen LogP contribution is -2.45. The van der Waals surface area contributed by atoms with Crippen LogP contribution in [-0.4, -0.2) is 103 Å². The van der Waals surface area contributed by atoms with Crippen LogP contribution >= 0.6 is 11.6 Å². The van der Waals surface area contributed by atoms with Gasteiger partial charge in [-0.2, -0.15) is 0 Å². The molecular formula is C32H41ClN10O4. The van der Waals surface area contributed by atoms with E-state index in [4.69, 9.17) is 35.6 Å². The summed E-state index contributed by atoms with van der Waals surface area (Å²) in [5.41, 5.74) is 2.47. The Kier molecular flexibility index (Phi) is 10.1. The Morgan fingerprint density at radius 1 is 1.00 bits per heavy atom. The van der Waals surface area contributed by atoms with Crippen LogP contribution in [0.4, 0.5) is 11.6 Å². The molecule has 3 aliphatic rings. The molecule has 2 atom stereocenters. The van der Waals surface area contributed by atoms with Crippen molar-refractivity contribution in [1.29, 1.82) is 0 Å². The lowest BCUT2D eigenvalue weighted by molar-refractivity contribution is 0.00502. The molecule has 0 spiro atoms. The van der Waals surface area contributed by atoms with E-state index in [9.17, 15) is 0 Å². The summed E-state index contributed by atoms with van der Waals surface area (Å²) in [7, 11) is 0. The largest absolute Gasteiger partial charge is 0.487 e. The summed E-state index contributed by atoms with van der Waals surface area (Å²) < 4.78 is 27.2. The van der Waals surface area contributed by atoms with Crippen LogP contribution in [0.3, 0.4) is 0 Å². The predicted molar refractivity (Wildman–Crippen MR) is 174 cm³/mol. The van der Waals surface area contributed by atoms with Gasteiger partial charge in [-0.05, 0) is 67.2 Å². The van der Waals surface area contributed by atoms with Crippen LogP contribution in [0, 0.1) is 5.92 Å². The van der Waals surface area contributed by atoms with Gasteiger partial charge < -0.3 is 24.3 Å². The van der Waals surface area contributed by atoms with E-state index in [1.165, 1.54) is 0 Å². The fourth-order valence-corrected chi connectivity index (χ4v) is 6.68. The molecule has 7 rings (SSSR count). The van der Waals surface area contributed by atoms with E-state index < -0.39 is 0 Å². The van der Waals surface area contributed by atoms with Crippen LogP contribution in [0.25, 0.3) is 11.1 Å². The van der Waals surface area contributed by atoms with Crippen molar-refractivity contribution in [1.82, 2.24) is 44.9 Å². The van der Waals surface area contributed by atoms with Gasteiger partial charge in [-0.3, -0.25) is 9.58 Å². The highest BCUT2D eigenvalue weighted by atomic mass is 35.5. The number of benzene rings is 1. The third-order valence-corrected chi connectivity index (χ3v) is 9.42. The Morgan fingerprint density at radius 3 is 2.55 bits per heavy atom. The number of hydrogen-bond donors (Lipinski definition) is 1. The third kappa shape index (κ3) is 8.00. The number of anilines is 2. The first-order chi connectivity index (χ1) is 23.1. The Hall–Kier alpha value is -3.85. The Bertz CT molecular complexity index is 1570. The van der Waals surface area contributed by atoms with Crippen molar-refractivity contribution in [2.24, 2.45) is 5.92 Å². The smallest absolute Gasteiger partial charge is 0.256 e. The summed E-state index contributed by atoms with van der Waals surface area (Å²) in [4.78, 5) is 11.8. The number of halogens is 1. The highest BCUT2D eigenvalue weighted by molar-refractivity contribution is 6.32. The van der Waals surface area contributed by atoms with Crippen LogP contribution in [0.2, 0.25) is 5.02 Å². The van der Waals surface area contributed by atoms with Gasteiger partial charge in [0.05, 0.1) is 50.2 Å². The molecule has 47 heavy (non-hydrogen) atoms. The van der Waals surface area contributed by atoms with Gasteiger partial charge in [0.1, 0.15) is 23.9 Å². The molecule has 0 radical (unpaired) electrons. The van der Waals surface area contributed by atoms with Crippen molar-refractivity contribution in [3.63, 3.8) is 0 Å². The van der Waals surface area contributed by atoms with Crippen LogP contribution < -0.4 is 14.8 Å². The molecule has 3 aromatic heterocycles. The van der Waals surface area contributed by atoms with E-state index in [0.29, 0.717) is 53.8 Å². The number of morpholine rings is 1. The van der Waals surface area contributed by atoms with Gasteiger partial charge in [0.25, 0.3) is 5.88 Å². The number of nitrogens with zero attached hydrogens (tertiary/aromatic N) is 9. The molecule has 2 saturated heterocycles. The third-order valence-electron chi connectivity index (χ3n) is 9.11. The van der Waals surface area contributed by atoms with Crippen molar-refractivity contribution in [2.75, 3.05) is 51.4 Å². The first-order valence-corrected chi connectivity index (χ1v) is 16.8. The predicted octanol–water partition coefficient (Wildman–Crippen LogP) is 4.42. The van der Waals surface area contributed by atoms with E-state index in [-0.39, 0.29) is 6.10 Å². The minimum absolute atomic E-state index is 0.201. The van der Waals surface area contributed by atoms with Gasteiger partial charge in [0.2, 0.25) is 5.95 Å². The molecule has 0 amide bonds. The van der Waals surface area contributed by atoms with Crippen LogP contribution in [-0.2, 0) is 16.0 Å². The number of hydrogen-bond acceptors (Lipinski definition) is 12. The van der Waals surface area contributed by atoms with Gasteiger partial charge in [-0.25, -0.2) is 14.6 Å². The van der Waals surface area contributed by atoms with E-state index in [1.807, 2.05) is 31.3 Å². The molecule has 1 unspecified atom stereocenters. The van der Waals surface area contributed by atoms with Gasteiger partial charge in [-0.15, -0.1) is 10.2 Å². The summed E-state index contributed by atoms with van der Waals surface area (Å²) in [6.07, 6.45) is 12.4. The second-order valence-corrected chi connectivity index (χ2v) is 12.9. The summed E-state index contributed by atoms with van der Waals surface area (Å²) in [6, 6.07) is 6.56. The maximum atomic E-state index is 6.46. The molecule has 1 N–H and O–H groups in total. The molecule has 1 aromatic carbocycles. The van der Waals surface area contributed by atoms with Crippen LogP contribution in [0.1, 0.15) is 45.1 Å². The lowest BCUT2D eigenvalue weighted by Gasteiger charge is -2.38. The number of nitrogens with one attached hydrogen (secondary N) is 1. The molecule has 3 fully saturated rings. The van der Waals surface area contributed by atoms with Crippen molar-refractivity contribution in [2.45, 2.75) is 63.8 Å². The standard InChI is InChI=1S/C32H41ClN10O4/c1-22(17-42-21-36-39-40-42)47-30-14-24(2-7-28(30)33)25-15-34-32(35-16-25)37-29-18-43(38-31(29)46-20-23-8-11-45-19-23)27-5-3-26(4-6-27)41-9-12-44-13-10-41/h2,7,14-16,18,21-23,26-27H,3-6,8-13,17,19-20H2,1H3,(H,34,35,37)/t22-,23?,26?,27?/m0/s1. The van der Waals surface area contributed by atoms with E-state index in [1.54, 1.807) is 23.4 Å². The first kappa shape index (κ1) is 31.7. The van der Waals surface area contributed by atoms with E-state index in [0.717, 1.165) is 88.4 Å². The summed E-state index contributed by atoms with van der Waals surface area (Å²) in [5, 5.41) is 20.0. The number of rotatable bonds is 12. The molecule has 250 valence electrons. The molecule has 15 heteroatoms. The number of ether oxygens (including phenoxy) is 4. The number of tetrazole rings is 1. The summed E-state index contributed by atoms with van der Waals surface area (Å²) in [5.74, 6) is 1.95. The van der Waals surface area contributed by atoms with Gasteiger partial charge in [-0.1, -0.05) is 17.7 Å². The van der Waals surface area contributed by atoms with Gasteiger partial charge in [0.15, 0.2) is 0 Å². The molecule has 4 aromatic rings. The summed E-state index contributed by atoms with van der Waals surface area (Å²) in [6.45, 7) is 8.21. The van der Waals surface area contributed by atoms with E-state index in [2.05, 4.69) is 40.4 Å². The Labute approximate surface area is 278 Å². The average molecular weight is 665 g/mol. The fraction of sp³-hybridized carbons (Fsp3) is 0.562. The molecule has 1 aliphatic carbocycles. The normalized spacial score (nSPS) is 22.6. The van der Waals surface area contributed by atoms with Crippen molar-refractivity contribution in [3.8, 4) is 22.8 Å². The fourth-order valence-electron chi connectivity index (χ4n) is 6.51. The average Bonchev–Trinajstić information content (AvgIpc) is 3.89. The summed E-state index contributed by atoms with van der Waals surface area (Å²) >= 11 is 6.46. The maximum Gasteiger partial charge on any atom is 0.256 e. The zero-order chi connectivity index (χ0) is 32.0. The second-order valence-electron chi connectivity index (χ2n) is 12.5. The maximum absolute atomic E-state index is 6.46. The molecular weight excluding hydrogens is 624 g/mol. The quantitative estimate of drug-likeness (QED) is 0.229. The van der Waals surface area contributed by atoms with Crippen molar-refractivity contribution >= 4 is 23.2 Å². The van der Waals surface area contributed by atoms with Gasteiger partial charge in [0, 0.05) is 49.6 Å². The lowest BCUT2D eigenvalue weighted by atomic mass is 9.90. The molecule has 1 saturated carbocycles. The molecule has 5 heterocycles. The minimum Gasteiger partial charge on any atom is -0.487 e. The SMILES string of the molecule is C[C@@H](Cn1cnnn1)Oc1cc(-c2cnc(Nc3cn(C4CCC(N5CCOCC5)CC4)nc3OCC3CCOC3)nc2)ccc1Cl. The molecule has 0 bridgehead atoms. The van der Waals surface area contributed by atoms with E-state index >= 15 is 0 Å². The van der Waals surface area contributed by atoms with Crippen LogP contribution in [0.5, 0.6) is 11.6 Å². The second kappa shape index (κ2) is 14.9. The molecule has 14 nitrogen and oxygen atoms in total. The van der Waals surface area contributed by atoms with Crippen LogP contribution in [0.15, 0.2) is 43.1 Å². The highest BCUT2D eigenvalue weighted by Gasteiger charge is 2.29. The molecule has 2 aliphatic heterocycles. The topological polar surface area (TPSA) is 139 Å². The zero-order valence-corrected chi connectivity index (χ0v) is 27.3. The monoisotopic (exact) mass is 664 g/mol. The van der Waals surface area contributed by atoms with Gasteiger partial charge >= 0.3 is 0 Å². The first-order valence-electron chi connectivity index (χ1n) is 16.5. The Balaban J connectivity index is 1.03.